The minimum Gasteiger partial charge on any atom is -0.326 e. The van der Waals surface area contributed by atoms with E-state index in [0.717, 1.165) is 5.56 Å². The lowest BCUT2D eigenvalue weighted by Gasteiger charge is -2.34. The fraction of sp³-hybridized carbons (Fsp3) is 0.348. The summed E-state index contributed by atoms with van der Waals surface area (Å²) >= 11 is 0. The molecule has 1 aliphatic rings. The Morgan fingerprint density at radius 3 is 2.12 bits per heavy atom. The predicted octanol–water partition coefficient (Wildman–Crippen LogP) is 5.88. The molecule has 1 fully saturated rings. The van der Waals surface area contributed by atoms with Crippen LogP contribution in [0.15, 0.2) is 67.3 Å². The first kappa shape index (κ1) is 17.0. The zero-order valence-corrected chi connectivity index (χ0v) is 15.2. The second kappa shape index (κ2) is 7.06. The molecule has 1 aromatic heterocycles. The first-order valence-corrected chi connectivity index (χ1v) is 9.49. The molecule has 4 rings (SSSR count). The van der Waals surface area contributed by atoms with E-state index in [0.29, 0.717) is 5.41 Å². The summed E-state index contributed by atoms with van der Waals surface area (Å²) in [6, 6.07) is 15.8. The van der Waals surface area contributed by atoms with Crippen LogP contribution in [0.3, 0.4) is 0 Å². The lowest BCUT2D eigenvalue weighted by molar-refractivity contribution is 0.319. The third-order valence-electron chi connectivity index (χ3n) is 5.89. The van der Waals surface area contributed by atoms with Gasteiger partial charge in [-0.05, 0) is 47.1 Å². The maximum absolute atomic E-state index is 13.4. The smallest absolute Gasteiger partial charge is 0.123 e. The lowest BCUT2D eigenvalue weighted by atomic mass is 9.71. The predicted molar refractivity (Wildman–Crippen MR) is 103 cm³/mol. The lowest BCUT2D eigenvalue weighted by Crippen LogP contribution is -2.25. The summed E-state index contributed by atoms with van der Waals surface area (Å²) in [5.41, 5.74) is 3.99. The minimum atomic E-state index is -0.210. The number of hydrogen-bond acceptors (Lipinski definition) is 1. The molecule has 3 aromatic rings. The Bertz CT molecular complexity index is 829. The summed E-state index contributed by atoms with van der Waals surface area (Å²) in [6.45, 7) is 2.40. The van der Waals surface area contributed by atoms with Gasteiger partial charge in [-0.25, -0.2) is 9.37 Å². The van der Waals surface area contributed by atoms with Crippen LogP contribution in [0.5, 0.6) is 0 Å². The van der Waals surface area contributed by atoms with Gasteiger partial charge in [0.15, 0.2) is 0 Å². The zero-order valence-electron chi connectivity index (χ0n) is 15.2. The van der Waals surface area contributed by atoms with Gasteiger partial charge in [-0.15, -0.1) is 0 Å². The molecule has 2 nitrogen and oxygen atoms in total. The van der Waals surface area contributed by atoms with Crippen LogP contribution in [0, 0.1) is 5.82 Å². The van der Waals surface area contributed by atoms with E-state index in [4.69, 9.17) is 0 Å². The van der Waals surface area contributed by atoms with Crippen LogP contribution in [0.2, 0.25) is 0 Å². The highest BCUT2D eigenvalue weighted by Crippen LogP contribution is 2.39. The molecule has 26 heavy (non-hydrogen) atoms. The number of imidazole rings is 1. The highest BCUT2D eigenvalue weighted by molar-refractivity contribution is 5.37. The van der Waals surface area contributed by atoms with E-state index in [1.54, 1.807) is 6.20 Å². The highest BCUT2D eigenvalue weighted by Gasteiger charge is 2.28. The summed E-state index contributed by atoms with van der Waals surface area (Å²) in [5, 5.41) is 0. The molecule has 0 bridgehead atoms. The number of aromatic nitrogens is 2. The Balaban J connectivity index is 1.69. The van der Waals surface area contributed by atoms with Gasteiger partial charge >= 0.3 is 0 Å². The quantitative estimate of drug-likeness (QED) is 0.575. The summed E-state index contributed by atoms with van der Waals surface area (Å²) in [7, 11) is 0. The van der Waals surface area contributed by atoms with Gasteiger partial charge in [0.25, 0.3) is 0 Å². The summed E-state index contributed by atoms with van der Waals surface area (Å²) in [5.74, 6) is -0.210. The van der Waals surface area contributed by atoms with Crippen molar-refractivity contribution in [2.45, 2.75) is 50.5 Å². The molecule has 1 unspecified atom stereocenters. The van der Waals surface area contributed by atoms with E-state index >= 15 is 0 Å². The average molecular weight is 348 g/mol. The third kappa shape index (κ3) is 3.31. The van der Waals surface area contributed by atoms with E-state index in [1.807, 2.05) is 24.7 Å². The van der Waals surface area contributed by atoms with Crippen molar-refractivity contribution in [1.82, 2.24) is 9.55 Å². The molecule has 1 heterocycles. The number of rotatable bonds is 4. The molecule has 134 valence electrons. The molecule has 3 heteroatoms. The molecule has 1 atom stereocenters. The number of halogens is 1. The second-order valence-corrected chi connectivity index (χ2v) is 7.71. The van der Waals surface area contributed by atoms with Gasteiger partial charge in [-0.3, -0.25) is 0 Å². The largest absolute Gasteiger partial charge is 0.326 e. The van der Waals surface area contributed by atoms with E-state index in [9.17, 15) is 4.39 Å². The third-order valence-corrected chi connectivity index (χ3v) is 5.89. The van der Waals surface area contributed by atoms with Crippen LogP contribution in [0.4, 0.5) is 4.39 Å². The van der Waals surface area contributed by atoms with Gasteiger partial charge in [0, 0.05) is 12.4 Å². The zero-order chi connectivity index (χ0) is 18.0. The van der Waals surface area contributed by atoms with E-state index in [-0.39, 0.29) is 11.9 Å². The van der Waals surface area contributed by atoms with Gasteiger partial charge in [-0.2, -0.15) is 0 Å². The van der Waals surface area contributed by atoms with Crippen molar-refractivity contribution < 1.29 is 4.39 Å². The average Bonchev–Trinajstić information content (AvgIpc) is 3.19. The molecular weight excluding hydrogens is 323 g/mol. The van der Waals surface area contributed by atoms with Gasteiger partial charge in [0.1, 0.15) is 5.82 Å². The van der Waals surface area contributed by atoms with Crippen LogP contribution >= 0.6 is 0 Å². The number of hydrogen-bond donors (Lipinski definition) is 0. The van der Waals surface area contributed by atoms with Crippen molar-refractivity contribution >= 4 is 0 Å². The van der Waals surface area contributed by atoms with Crippen molar-refractivity contribution in [2.24, 2.45) is 0 Å². The minimum absolute atomic E-state index is 0.00584. The fourth-order valence-electron chi connectivity index (χ4n) is 4.29. The van der Waals surface area contributed by atoms with Crippen LogP contribution < -0.4 is 0 Å². The van der Waals surface area contributed by atoms with Crippen molar-refractivity contribution in [3.05, 3.63) is 89.8 Å². The van der Waals surface area contributed by atoms with Crippen LogP contribution in [-0.2, 0) is 5.41 Å². The fourth-order valence-corrected chi connectivity index (χ4v) is 4.29. The Hall–Kier alpha value is -2.42. The molecule has 0 N–H and O–H groups in total. The Kier molecular flexibility index (Phi) is 4.62. The Labute approximate surface area is 154 Å². The van der Waals surface area contributed by atoms with Crippen molar-refractivity contribution in [1.29, 1.82) is 0 Å². The van der Waals surface area contributed by atoms with Crippen molar-refractivity contribution in [3.63, 3.8) is 0 Å². The molecule has 0 aliphatic heterocycles. The molecule has 0 saturated heterocycles. The van der Waals surface area contributed by atoms with E-state index < -0.39 is 0 Å². The molecule has 0 spiro atoms. The highest BCUT2D eigenvalue weighted by atomic mass is 19.1. The number of benzene rings is 2. The standard InChI is InChI=1S/C23H25FN2/c1-23(13-3-2-4-14-23)20-9-5-18(6-10-20)22(26-16-15-25-17-26)19-7-11-21(24)12-8-19/h5-12,15-17,22H,2-4,13-14H2,1H3. The van der Waals surface area contributed by atoms with Gasteiger partial charge < -0.3 is 4.57 Å². The monoisotopic (exact) mass is 348 g/mol. The first-order valence-electron chi connectivity index (χ1n) is 9.49. The molecule has 2 aromatic carbocycles. The molecule has 0 radical (unpaired) electrons. The van der Waals surface area contributed by atoms with Gasteiger partial charge in [0.05, 0.1) is 12.4 Å². The van der Waals surface area contributed by atoms with Gasteiger partial charge in [0.2, 0.25) is 0 Å². The SMILES string of the molecule is CC1(c2ccc(C(c3ccc(F)cc3)n3ccnc3)cc2)CCCCC1. The maximum Gasteiger partial charge on any atom is 0.123 e. The molecule has 0 amide bonds. The molecule has 1 aliphatic carbocycles. The van der Waals surface area contributed by atoms with E-state index in [2.05, 4.69) is 40.7 Å². The first-order chi connectivity index (χ1) is 12.7. The van der Waals surface area contributed by atoms with Crippen LogP contribution in [-0.4, -0.2) is 9.55 Å². The second-order valence-electron chi connectivity index (χ2n) is 7.71. The normalized spacial score (nSPS) is 17.8. The summed E-state index contributed by atoms with van der Waals surface area (Å²) < 4.78 is 15.5. The topological polar surface area (TPSA) is 17.8 Å². The van der Waals surface area contributed by atoms with Crippen molar-refractivity contribution in [3.8, 4) is 0 Å². The van der Waals surface area contributed by atoms with Gasteiger partial charge in [-0.1, -0.05) is 62.6 Å². The summed E-state index contributed by atoms with van der Waals surface area (Å²) in [4.78, 5) is 4.20. The van der Waals surface area contributed by atoms with Crippen molar-refractivity contribution in [2.75, 3.05) is 0 Å². The van der Waals surface area contributed by atoms with Crippen LogP contribution in [0.1, 0.15) is 61.8 Å². The Morgan fingerprint density at radius 2 is 1.54 bits per heavy atom. The van der Waals surface area contributed by atoms with E-state index in [1.165, 1.54) is 55.4 Å². The van der Waals surface area contributed by atoms with Crippen LogP contribution in [0.25, 0.3) is 0 Å². The number of nitrogens with zero attached hydrogens (tertiary/aromatic N) is 2. The summed E-state index contributed by atoms with van der Waals surface area (Å²) in [6.07, 6.45) is 12.1. The maximum atomic E-state index is 13.4. The Morgan fingerprint density at radius 1 is 0.923 bits per heavy atom. The molecule has 1 saturated carbocycles. The molecular formula is C23H25FN2.